The number of hydrogen-bond acceptors (Lipinski definition) is 4. The van der Waals surface area contributed by atoms with Crippen molar-refractivity contribution in [2.24, 2.45) is 21.7 Å². The number of amidine groups is 2. The van der Waals surface area contributed by atoms with Crippen molar-refractivity contribution in [1.82, 2.24) is 0 Å². The Morgan fingerprint density at radius 1 is 0.875 bits per heavy atom. The summed E-state index contributed by atoms with van der Waals surface area (Å²) >= 11 is 0. The second-order valence-electron chi connectivity index (χ2n) is 5.23. The highest BCUT2D eigenvalue weighted by atomic mass is 15.2. The predicted octanol–water partition coefficient (Wildman–Crippen LogP) is 1.65. The van der Waals surface area contributed by atoms with Crippen LogP contribution in [-0.2, 0) is 0 Å². The first-order valence-corrected chi connectivity index (χ1v) is 5.14. The van der Waals surface area contributed by atoms with Gasteiger partial charge in [0.25, 0.3) is 0 Å². The first kappa shape index (κ1) is 14.5. The summed E-state index contributed by atoms with van der Waals surface area (Å²) in [5.41, 5.74) is 9.68. The SMILES string of the molecule is CC(C)(CC(=N)N)N=NC(C)(C)CC(=N)N. The van der Waals surface area contributed by atoms with Gasteiger partial charge in [0.2, 0.25) is 0 Å². The molecule has 0 aliphatic heterocycles. The lowest BCUT2D eigenvalue weighted by atomic mass is 10.0. The van der Waals surface area contributed by atoms with Gasteiger partial charge >= 0.3 is 0 Å². The van der Waals surface area contributed by atoms with E-state index in [2.05, 4.69) is 10.2 Å². The van der Waals surface area contributed by atoms with E-state index >= 15 is 0 Å². The maximum atomic E-state index is 7.22. The molecule has 0 aliphatic carbocycles. The highest BCUT2D eigenvalue weighted by Crippen LogP contribution is 2.20. The molecular weight excluding hydrogens is 204 g/mol. The maximum Gasteiger partial charge on any atom is 0.0930 e. The highest BCUT2D eigenvalue weighted by molar-refractivity contribution is 5.78. The number of rotatable bonds is 6. The molecule has 0 unspecified atom stereocenters. The van der Waals surface area contributed by atoms with Gasteiger partial charge in [-0.05, 0) is 27.7 Å². The lowest BCUT2D eigenvalue weighted by Gasteiger charge is -2.22. The topological polar surface area (TPSA) is 124 Å². The van der Waals surface area contributed by atoms with E-state index in [1.54, 1.807) is 0 Å². The van der Waals surface area contributed by atoms with Crippen LogP contribution in [-0.4, -0.2) is 22.7 Å². The van der Waals surface area contributed by atoms with Crippen LogP contribution in [0.3, 0.4) is 0 Å². The molecule has 92 valence electrons. The van der Waals surface area contributed by atoms with Gasteiger partial charge in [0.05, 0.1) is 22.7 Å². The molecule has 6 nitrogen and oxygen atoms in total. The summed E-state index contributed by atoms with van der Waals surface area (Å²) in [4.78, 5) is 0. The summed E-state index contributed by atoms with van der Waals surface area (Å²) in [5, 5.41) is 22.8. The zero-order chi connectivity index (χ0) is 13.0. The molecule has 0 heterocycles. The van der Waals surface area contributed by atoms with Gasteiger partial charge in [-0.2, -0.15) is 10.2 Å². The van der Waals surface area contributed by atoms with E-state index in [-0.39, 0.29) is 11.7 Å². The largest absolute Gasteiger partial charge is 0.388 e. The van der Waals surface area contributed by atoms with Crippen LogP contribution in [0.2, 0.25) is 0 Å². The molecule has 0 aromatic rings. The van der Waals surface area contributed by atoms with E-state index in [9.17, 15) is 0 Å². The van der Waals surface area contributed by atoms with Crippen LogP contribution < -0.4 is 11.5 Å². The Kier molecular flexibility index (Phi) is 4.59. The standard InChI is InChI=1S/C10H22N6/c1-9(2,5-7(11)12)15-16-10(3,4)6-8(13)14/h5-6H2,1-4H3,(H3,11,12)(H3,13,14). The molecule has 0 fully saturated rings. The van der Waals surface area contributed by atoms with Crippen LogP contribution in [0.1, 0.15) is 40.5 Å². The zero-order valence-electron chi connectivity index (χ0n) is 10.5. The van der Waals surface area contributed by atoms with Crippen molar-refractivity contribution in [3.8, 4) is 0 Å². The number of azo groups is 1. The normalized spacial score (nSPS) is 13.0. The zero-order valence-corrected chi connectivity index (χ0v) is 10.5. The molecule has 0 spiro atoms. The Morgan fingerprint density at radius 3 is 1.31 bits per heavy atom. The highest BCUT2D eigenvalue weighted by Gasteiger charge is 2.22. The molecule has 6 heteroatoms. The molecule has 0 aliphatic rings. The fraction of sp³-hybridized carbons (Fsp3) is 0.800. The van der Waals surface area contributed by atoms with E-state index in [1.807, 2.05) is 27.7 Å². The van der Waals surface area contributed by atoms with Crippen molar-refractivity contribution in [2.45, 2.75) is 51.6 Å². The molecule has 0 rings (SSSR count). The van der Waals surface area contributed by atoms with Crippen LogP contribution >= 0.6 is 0 Å². The van der Waals surface area contributed by atoms with Crippen molar-refractivity contribution in [1.29, 1.82) is 10.8 Å². The molecule has 6 N–H and O–H groups in total. The van der Waals surface area contributed by atoms with Crippen molar-refractivity contribution >= 4 is 11.7 Å². The molecular formula is C10H22N6. The minimum Gasteiger partial charge on any atom is -0.388 e. The van der Waals surface area contributed by atoms with Gasteiger partial charge in [-0.15, -0.1) is 0 Å². The van der Waals surface area contributed by atoms with Gasteiger partial charge in [-0.1, -0.05) is 0 Å². The summed E-state index contributed by atoms with van der Waals surface area (Å²) in [7, 11) is 0. The molecule has 0 bridgehead atoms. The second-order valence-corrected chi connectivity index (χ2v) is 5.23. The molecule has 0 atom stereocenters. The van der Waals surface area contributed by atoms with Gasteiger partial charge < -0.3 is 11.5 Å². The third-order valence-electron chi connectivity index (χ3n) is 1.84. The van der Waals surface area contributed by atoms with E-state index < -0.39 is 11.1 Å². The van der Waals surface area contributed by atoms with Crippen LogP contribution in [0.5, 0.6) is 0 Å². The van der Waals surface area contributed by atoms with Gasteiger partial charge in [0, 0.05) is 12.8 Å². The Balaban J connectivity index is 4.56. The molecule has 0 saturated heterocycles. The average Bonchev–Trinajstić information content (AvgIpc) is 1.96. The van der Waals surface area contributed by atoms with E-state index in [0.717, 1.165) is 0 Å². The molecule has 0 saturated carbocycles. The lowest BCUT2D eigenvalue weighted by Crippen LogP contribution is -2.29. The molecule has 16 heavy (non-hydrogen) atoms. The van der Waals surface area contributed by atoms with Crippen molar-refractivity contribution in [3.05, 3.63) is 0 Å². The first-order valence-electron chi connectivity index (χ1n) is 5.14. The smallest absolute Gasteiger partial charge is 0.0930 e. The summed E-state index contributed by atoms with van der Waals surface area (Å²) in [6, 6.07) is 0. The minimum absolute atomic E-state index is 0.0910. The summed E-state index contributed by atoms with van der Waals surface area (Å²) < 4.78 is 0. The number of nitrogens with one attached hydrogen (secondary N) is 2. The average molecular weight is 226 g/mol. The minimum atomic E-state index is -0.486. The third-order valence-corrected chi connectivity index (χ3v) is 1.84. The Bertz CT molecular complexity index is 272. The second kappa shape index (κ2) is 5.05. The van der Waals surface area contributed by atoms with Crippen LogP contribution in [0.4, 0.5) is 0 Å². The van der Waals surface area contributed by atoms with Crippen molar-refractivity contribution < 1.29 is 0 Å². The summed E-state index contributed by atoms with van der Waals surface area (Å²) in [5.74, 6) is 0.182. The third kappa shape index (κ3) is 6.92. The predicted molar refractivity (Wildman–Crippen MR) is 66.1 cm³/mol. The lowest BCUT2D eigenvalue weighted by molar-refractivity contribution is 0.434. The van der Waals surface area contributed by atoms with E-state index in [1.165, 1.54) is 0 Å². The van der Waals surface area contributed by atoms with Gasteiger partial charge in [-0.25, -0.2) is 0 Å². The number of hydrogen-bond donors (Lipinski definition) is 4. The number of nitrogens with zero attached hydrogens (tertiary/aromatic N) is 2. The van der Waals surface area contributed by atoms with Crippen LogP contribution in [0.15, 0.2) is 10.2 Å². The quantitative estimate of drug-likeness (QED) is 0.312. The maximum absolute atomic E-state index is 7.22. The Labute approximate surface area is 96.5 Å². The van der Waals surface area contributed by atoms with Crippen LogP contribution in [0.25, 0.3) is 0 Å². The molecule has 0 aromatic heterocycles. The van der Waals surface area contributed by atoms with Crippen molar-refractivity contribution in [2.75, 3.05) is 0 Å². The van der Waals surface area contributed by atoms with Gasteiger partial charge in [0.1, 0.15) is 0 Å². The Morgan fingerprint density at radius 2 is 1.12 bits per heavy atom. The van der Waals surface area contributed by atoms with Gasteiger partial charge in [-0.3, -0.25) is 10.8 Å². The summed E-state index contributed by atoms with van der Waals surface area (Å²) in [6.07, 6.45) is 0.735. The first-order chi connectivity index (χ1) is 7.04. The summed E-state index contributed by atoms with van der Waals surface area (Å²) in [6.45, 7) is 7.45. The van der Waals surface area contributed by atoms with E-state index in [4.69, 9.17) is 22.3 Å². The van der Waals surface area contributed by atoms with Crippen LogP contribution in [0, 0.1) is 10.8 Å². The van der Waals surface area contributed by atoms with Crippen molar-refractivity contribution in [3.63, 3.8) is 0 Å². The van der Waals surface area contributed by atoms with Gasteiger partial charge in [0.15, 0.2) is 0 Å². The van der Waals surface area contributed by atoms with E-state index in [0.29, 0.717) is 12.8 Å². The fourth-order valence-corrected chi connectivity index (χ4v) is 1.27. The fourth-order valence-electron chi connectivity index (χ4n) is 1.27. The molecule has 0 aromatic carbocycles. The number of nitrogens with two attached hydrogens (primary N) is 2. The molecule has 0 radical (unpaired) electrons. The molecule has 0 amide bonds. The Hall–Kier alpha value is -1.46. The monoisotopic (exact) mass is 226 g/mol.